The van der Waals surface area contributed by atoms with Crippen molar-refractivity contribution in [3.63, 3.8) is 0 Å². The topological polar surface area (TPSA) is 193 Å². The van der Waals surface area contributed by atoms with Crippen LogP contribution in [0.15, 0.2) is 0 Å². The normalized spacial score (nSPS) is 8.26. The fraction of sp³-hybridized carbons (Fsp3) is 0.871. The number of amides is 2. The molecule has 0 aliphatic carbocycles. The van der Waals surface area contributed by atoms with Crippen LogP contribution in [0.5, 0.6) is 0 Å². The summed E-state index contributed by atoms with van der Waals surface area (Å²) >= 11 is 0. The molecule has 0 saturated carbocycles. The second-order valence-corrected chi connectivity index (χ2v) is 8.87. The number of nitrogens with one attached hydrogen (secondary N) is 1. The highest BCUT2D eigenvalue weighted by Gasteiger charge is 1.95. The molecule has 2 amide bonds. The molecule has 0 unspecified atom stereocenters. The molecule has 46 heavy (non-hydrogen) atoms. The molecule has 0 aliphatic heterocycles. The first kappa shape index (κ1) is 66.1. The number of methoxy groups -OCH3 is 4. The maximum atomic E-state index is 10.4. The summed E-state index contributed by atoms with van der Waals surface area (Å²) in [5.41, 5.74) is 4.65. The van der Waals surface area contributed by atoms with E-state index in [0.717, 1.165) is 6.92 Å². The Morgan fingerprint density at radius 1 is 0.652 bits per heavy atom. The van der Waals surface area contributed by atoms with Gasteiger partial charge in [-0.05, 0) is 54.9 Å². The molecule has 0 saturated heterocycles. The van der Waals surface area contributed by atoms with Crippen molar-refractivity contribution >= 4 is 23.8 Å². The first-order valence-electron chi connectivity index (χ1n) is 15.1. The molecule has 15 nitrogen and oxygen atoms in total. The number of carboxylic acids is 2. The minimum Gasteiger partial charge on any atom is -0.481 e. The summed E-state index contributed by atoms with van der Waals surface area (Å²) in [4.78, 5) is 44.4. The van der Waals surface area contributed by atoms with Crippen molar-refractivity contribution in [2.24, 2.45) is 5.73 Å². The van der Waals surface area contributed by atoms with E-state index in [1.54, 1.807) is 61.3 Å². The summed E-state index contributed by atoms with van der Waals surface area (Å²) in [7, 11) is 19.7. The number of hydrogen-bond acceptors (Lipinski definition) is 11. The number of carbonyl (C=O) groups is 4. The fourth-order valence-electron chi connectivity index (χ4n) is 1.27. The van der Waals surface area contributed by atoms with Gasteiger partial charge in [0.1, 0.15) is 6.79 Å². The monoisotopic (exact) mass is 680 g/mol. The van der Waals surface area contributed by atoms with Crippen LogP contribution in [0.25, 0.3) is 0 Å². The maximum absolute atomic E-state index is 10.4. The van der Waals surface area contributed by atoms with Crippen molar-refractivity contribution in [2.75, 3.05) is 117 Å². The summed E-state index contributed by atoms with van der Waals surface area (Å²) in [6, 6.07) is 0. The lowest BCUT2D eigenvalue weighted by atomic mass is 10.4. The van der Waals surface area contributed by atoms with Gasteiger partial charge in [0.05, 0.1) is 13.2 Å². The summed E-state index contributed by atoms with van der Waals surface area (Å²) in [5, 5.41) is 17.9. The lowest BCUT2D eigenvalue weighted by Crippen LogP contribution is -2.21. The number of carbonyl (C=O) groups excluding carboxylic acids is 2. The first-order valence-corrected chi connectivity index (χ1v) is 15.1. The third-order valence-electron chi connectivity index (χ3n) is 3.52. The van der Waals surface area contributed by atoms with Crippen LogP contribution in [-0.2, 0) is 38.1 Å². The van der Waals surface area contributed by atoms with E-state index < -0.39 is 11.9 Å². The predicted molar refractivity (Wildman–Crippen MR) is 190 cm³/mol. The molecule has 286 valence electrons. The number of ether oxygens (including phenoxy) is 4. The highest BCUT2D eigenvalue weighted by atomic mass is 16.6. The number of aliphatic carboxylic acids is 2. The standard InChI is InChI=1S/C6H15N.C5H11NO.C4H10O2.C3H7NO.C3H9N.C3H8O2.C3H6O2.C2H7N.C2H4O2/c1-4-7(5-2)6-3;1-4-5(7)6(2)3;1-5-3-4-6-2;1-2-3(4)5;1-4(2)3;1-4-3-5-2;1-2-3(4)5;1-3-2;1-2(3)4/h4-6H2,1-3H3;4H2,1-3H3;3-4H2,1-2H3;2H2,1H3,(H2,4,5);1-3H3;3H2,1-2H3;2H2,1H3,(H,4,5);3H,1-2H3;1H3,(H,3,4). The van der Waals surface area contributed by atoms with Gasteiger partial charge in [0.25, 0.3) is 5.97 Å². The van der Waals surface area contributed by atoms with E-state index >= 15 is 0 Å². The van der Waals surface area contributed by atoms with Gasteiger partial charge in [0.2, 0.25) is 11.8 Å². The van der Waals surface area contributed by atoms with E-state index in [1.807, 2.05) is 47.1 Å². The van der Waals surface area contributed by atoms with Crippen molar-refractivity contribution in [2.45, 2.75) is 67.7 Å². The van der Waals surface area contributed by atoms with Crippen molar-refractivity contribution in [3.05, 3.63) is 0 Å². The smallest absolute Gasteiger partial charge is 0.303 e. The van der Waals surface area contributed by atoms with Crippen LogP contribution in [0.3, 0.4) is 0 Å². The van der Waals surface area contributed by atoms with E-state index in [4.69, 9.17) is 15.0 Å². The number of rotatable bonds is 11. The van der Waals surface area contributed by atoms with Gasteiger partial charge in [0, 0.05) is 68.7 Å². The van der Waals surface area contributed by atoms with Crippen molar-refractivity contribution in [1.82, 2.24) is 20.0 Å². The predicted octanol–water partition coefficient (Wildman–Crippen LogP) is 2.82. The van der Waals surface area contributed by atoms with E-state index in [-0.39, 0.29) is 18.2 Å². The van der Waals surface area contributed by atoms with Gasteiger partial charge in [-0.3, -0.25) is 19.2 Å². The highest BCUT2D eigenvalue weighted by Crippen LogP contribution is 1.82. The van der Waals surface area contributed by atoms with Gasteiger partial charge in [-0.15, -0.1) is 0 Å². The van der Waals surface area contributed by atoms with Crippen LogP contribution in [-0.4, -0.2) is 166 Å². The fourth-order valence-corrected chi connectivity index (χ4v) is 1.27. The van der Waals surface area contributed by atoms with E-state index in [2.05, 4.69) is 55.7 Å². The Morgan fingerprint density at radius 2 is 0.891 bits per heavy atom. The number of primary amides is 1. The molecular weight excluding hydrogens is 602 g/mol. The van der Waals surface area contributed by atoms with Gasteiger partial charge < -0.3 is 54.9 Å². The summed E-state index contributed by atoms with van der Waals surface area (Å²) in [5.74, 6) is -1.64. The van der Waals surface area contributed by atoms with E-state index in [0.29, 0.717) is 32.8 Å². The van der Waals surface area contributed by atoms with Crippen molar-refractivity contribution in [1.29, 1.82) is 0 Å². The Morgan fingerprint density at radius 3 is 0.913 bits per heavy atom. The largest absolute Gasteiger partial charge is 0.481 e. The third-order valence-corrected chi connectivity index (χ3v) is 3.52. The zero-order valence-electron chi connectivity index (χ0n) is 32.9. The van der Waals surface area contributed by atoms with Crippen LogP contribution in [0.2, 0.25) is 0 Å². The summed E-state index contributed by atoms with van der Waals surface area (Å²) < 4.78 is 18.3. The Hall–Kier alpha value is -2.40. The molecule has 0 atom stereocenters. The molecule has 0 aliphatic rings. The van der Waals surface area contributed by atoms with Gasteiger partial charge in [0.15, 0.2) is 0 Å². The molecule has 0 spiro atoms. The molecule has 15 heteroatoms. The lowest BCUT2D eigenvalue weighted by Gasteiger charge is -2.13. The summed E-state index contributed by atoms with van der Waals surface area (Å²) in [6.07, 6.45) is 1.27. The molecule has 0 radical (unpaired) electrons. The van der Waals surface area contributed by atoms with Gasteiger partial charge in [-0.25, -0.2) is 0 Å². The van der Waals surface area contributed by atoms with Gasteiger partial charge in [-0.1, -0.05) is 41.5 Å². The second-order valence-electron chi connectivity index (χ2n) is 8.87. The second kappa shape index (κ2) is 69.4. The number of hydrogen-bond donors (Lipinski definition) is 4. The molecule has 0 bridgehead atoms. The third kappa shape index (κ3) is 198. The maximum Gasteiger partial charge on any atom is 0.303 e. The van der Waals surface area contributed by atoms with Crippen LogP contribution >= 0.6 is 0 Å². The molecular formula is C31H77N5O10. The van der Waals surface area contributed by atoms with Gasteiger partial charge >= 0.3 is 5.97 Å². The Bertz CT molecular complexity index is 522. The Labute approximate surface area is 283 Å². The van der Waals surface area contributed by atoms with Crippen LogP contribution in [0.4, 0.5) is 0 Å². The van der Waals surface area contributed by atoms with Crippen molar-refractivity contribution < 1.29 is 48.3 Å². The molecule has 0 rings (SSSR count). The number of carboxylic acid groups (broad SMARTS) is 2. The molecule has 0 aromatic heterocycles. The van der Waals surface area contributed by atoms with Crippen molar-refractivity contribution in [3.8, 4) is 0 Å². The zero-order valence-corrected chi connectivity index (χ0v) is 32.9. The highest BCUT2D eigenvalue weighted by molar-refractivity contribution is 5.75. The minimum atomic E-state index is -0.833. The average Bonchev–Trinajstić information content (AvgIpc) is 2.98. The zero-order chi connectivity index (χ0) is 38.9. The molecule has 0 heterocycles. The lowest BCUT2D eigenvalue weighted by molar-refractivity contribution is -0.137. The minimum absolute atomic E-state index is 0.181. The molecule has 0 aromatic rings. The van der Waals surface area contributed by atoms with Crippen LogP contribution in [0.1, 0.15) is 67.7 Å². The van der Waals surface area contributed by atoms with E-state index in [1.165, 1.54) is 19.6 Å². The molecule has 0 fully saturated rings. The molecule has 0 aromatic carbocycles. The van der Waals surface area contributed by atoms with Crippen LogP contribution in [0, 0.1) is 0 Å². The van der Waals surface area contributed by atoms with Gasteiger partial charge in [-0.2, -0.15) is 0 Å². The Balaban J connectivity index is -0.0000000484. The Kier molecular flexibility index (Phi) is 99.7. The SMILES string of the molecule is CC(=O)O.CCC(=O)N(C)C.CCC(=O)O.CCC(N)=O.CCN(CC)CC.CN(C)C.CNC.COCCOC.COCOC. The number of nitrogens with two attached hydrogens (primary N) is 1. The van der Waals surface area contributed by atoms with Crippen LogP contribution < -0.4 is 11.1 Å². The number of nitrogens with zero attached hydrogens (tertiary/aromatic N) is 3. The summed E-state index contributed by atoms with van der Waals surface area (Å²) in [6.45, 7) is 18.2. The quantitative estimate of drug-likeness (QED) is 0.184. The van der Waals surface area contributed by atoms with E-state index in [9.17, 15) is 14.4 Å². The molecule has 5 N–H and O–H groups in total. The average molecular weight is 680 g/mol. The first-order chi connectivity index (χ1) is 21.3.